The molecule has 2 aliphatic heterocycles. The van der Waals surface area contributed by atoms with E-state index < -0.39 is 17.7 Å². The van der Waals surface area contributed by atoms with Gasteiger partial charge in [0.05, 0.1) is 13.2 Å². The van der Waals surface area contributed by atoms with Gasteiger partial charge in [0.25, 0.3) is 0 Å². The molecule has 1 saturated heterocycles. The normalized spacial score (nSPS) is 22.5. The number of amides is 3. The zero-order valence-electron chi connectivity index (χ0n) is 19.9. The van der Waals surface area contributed by atoms with E-state index >= 15 is 0 Å². The van der Waals surface area contributed by atoms with Crippen molar-refractivity contribution in [2.75, 3.05) is 17.3 Å². The molecular weight excluding hydrogens is 466 g/mol. The number of carbonyl (C=O) groups is 2. The van der Waals surface area contributed by atoms with E-state index in [0.717, 1.165) is 11.1 Å². The van der Waals surface area contributed by atoms with Gasteiger partial charge in [-0.05, 0) is 62.7 Å². The largest absolute Gasteiger partial charge is 0.493 e. The molecule has 3 aromatic rings. The van der Waals surface area contributed by atoms with Crippen molar-refractivity contribution in [2.45, 2.75) is 32.5 Å². The molecule has 0 aliphatic carbocycles. The van der Waals surface area contributed by atoms with Crippen LogP contribution in [-0.2, 0) is 4.79 Å². The van der Waals surface area contributed by atoms with Gasteiger partial charge in [0.1, 0.15) is 5.92 Å². The predicted octanol–water partition coefficient (Wildman–Crippen LogP) is 5.60. The van der Waals surface area contributed by atoms with Gasteiger partial charge in [0.2, 0.25) is 11.6 Å². The topological polar surface area (TPSA) is 79.9 Å². The van der Waals surface area contributed by atoms with Crippen molar-refractivity contribution in [1.82, 2.24) is 5.32 Å². The Morgan fingerprint density at radius 3 is 2.57 bits per heavy atom. The summed E-state index contributed by atoms with van der Waals surface area (Å²) in [5.41, 5.74) is 2.65. The van der Waals surface area contributed by atoms with Crippen LogP contribution >= 0.6 is 11.6 Å². The molecule has 3 atom stereocenters. The van der Waals surface area contributed by atoms with Crippen LogP contribution in [-0.4, -0.2) is 24.8 Å². The van der Waals surface area contributed by atoms with Crippen molar-refractivity contribution in [1.29, 1.82) is 0 Å². The molecule has 1 fully saturated rings. The standard InChI is InChI=1S/C27H26ClN3O4/c1-15-8-13-20(16(2)14-15)29-25(32)22-23-19-6-5-7-21(34-4)24(19)35-27(22,3)31(26(33)30-23)18-11-9-17(28)10-12-18/h5-14,22-23H,1-4H3,(H,29,32)(H,30,33)/t22-,23+,27+/m1/s1. The lowest BCUT2D eigenvalue weighted by atomic mass is 9.78. The first-order valence-electron chi connectivity index (χ1n) is 11.3. The fraction of sp³-hybridized carbons (Fsp3) is 0.259. The first kappa shape index (κ1) is 23.1. The van der Waals surface area contributed by atoms with Crippen LogP contribution in [0.25, 0.3) is 0 Å². The Balaban J connectivity index is 1.64. The van der Waals surface area contributed by atoms with Gasteiger partial charge in [-0.15, -0.1) is 0 Å². The SMILES string of the molecule is COc1cccc2c1O[C@@]1(C)[C@@H](C(=O)Nc3ccc(C)cc3C)[C@H]2NC(=O)N1c1ccc(Cl)cc1. The number of para-hydroxylation sites is 1. The molecule has 180 valence electrons. The molecule has 2 heterocycles. The van der Waals surface area contributed by atoms with Gasteiger partial charge in [-0.25, -0.2) is 4.79 Å². The molecule has 3 amide bonds. The monoisotopic (exact) mass is 491 g/mol. The molecule has 3 aromatic carbocycles. The van der Waals surface area contributed by atoms with E-state index in [4.69, 9.17) is 21.1 Å². The summed E-state index contributed by atoms with van der Waals surface area (Å²) < 4.78 is 12.1. The lowest BCUT2D eigenvalue weighted by molar-refractivity contribution is -0.131. The van der Waals surface area contributed by atoms with Crippen molar-refractivity contribution in [3.8, 4) is 11.5 Å². The number of nitrogens with zero attached hydrogens (tertiary/aromatic N) is 1. The van der Waals surface area contributed by atoms with Crippen LogP contribution in [0.1, 0.15) is 29.7 Å². The summed E-state index contributed by atoms with van der Waals surface area (Å²) in [4.78, 5) is 28.8. The summed E-state index contributed by atoms with van der Waals surface area (Å²) in [5.74, 6) is -0.0238. The Bertz CT molecular complexity index is 1330. The highest BCUT2D eigenvalue weighted by Crippen LogP contribution is 2.52. The van der Waals surface area contributed by atoms with Crippen LogP contribution in [0.15, 0.2) is 60.7 Å². The van der Waals surface area contributed by atoms with Crippen LogP contribution in [0.4, 0.5) is 16.2 Å². The second kappa shape index (κ2) is 8.50. The maximum atomic E-state index is 13.9. The van der Waals surface area contributed by atoms with Crippen LogP contribution in [0.5, 0.6) is 11.5 Å². The zero-order valence-corrected chi connectivity index (χ0v) is 20.6. The minimum atomic E-state index is -1.36. The van der Waals surface area contributed by atoms with Crippen LogP contribution in [0, 0.1) is 19.8 Å². The van der Waals surface area contributed by atoms with Gasteiger partial charge in [0, 0.05) is 22.0 Å². The highest BCUT2D eigenvalue weighted by molar-refractivity contribution is 6.30. The predicted molar refractivity (Wildman–Crippen MR) is 135 cm³/mol. The van der Waals surface area contributed by atoms with Gasteiger partial charge in [-0.2, -0.15) is 0 Å². The molecule has 8 heteroatoms. The van der Waals surface area contributed by atoms with Crippen molar-refractivity contribution >= 4 is 34.9 Å². The summed E-state index contributed by atoms with van der Waals surface area (Å²) in [6, 6.07) is 17.2. The van der Waals surface area contributed by atoms with E-state index in [1.54, 1.807) is 44.4 Å². The van der Waals surface area contributed by atoms with E-state index in [1.165, 1.54) is 4.90 Å². The number of anilines is 2. The first-order chi connectivity index (χ1) is 16.7. The summed E-state index contributed by atoms with van der Waals surface area (Å²) in [6.07, 6.45) is 0. The molecule has 0 spiro atoms. The molecule has 0 aromatic heterocycles. The Morgan fingerprint density at radius 1 is 1.14 bits per heavy atom. The number of urea groups is 1. The van der Waals surface area contributed by atoms with Crippen LogP contribution < -0.4 is 25.0 Å². The number of benzene rings is 3. The Labute approximate surface area is 209 Å². The highest BCUT2D eigenvalue weighted by atomic mass is 35.5. The van der Waals surface area contributed by atoms with E-state index in [-0.39, 0.29) is 11.9 Å². The third-order valence-corrected chi connectivity index (χ3v) is 6.97. The van der Waals surface area contributed by atoms with Crippen LogP contribution in [0.2, 0.25) is 5.02 Å². The second-order valence-electron chi connectivity index (χ2n) is 9.06. The molecule has 5 rings (SSSR count). The summed E-state index contributed by atoms with van der Waals surface area (Å²) >= 11 is 6.10. The maximum absolute atomic E-state index is 13.9. The van der Waals surface area contributed by atoms with Gasteiger partial charge >= 0.3 is 6.03 Å². The smallest absolute Gasteiger partial charge is 0.325 e. The number of rotatable bonds is 4. The van der Waals surface area contributed by atoms with E-state index in [0.29, 0.717) is 33.5 Å². The number of halogens is 1. The molecule has 7 nitrogen and oxygen atoms in total. The third kappa shape index (κ3) is 3.76. The van der Waals surface area contributed by atoms with E-state index in [9.17, 15) is 9.59 Å². The number of hydrogen-bond acceptors (Lipinski definition) is 4. The van der Waals surface area contributed by atoms with Crippen LogP contribution in [0.3, 0.4) is 0 Å². The number of fused-ring (bicyclic) bond motifs is 4. The number of hydrogen-bond donors (Lipinski definition) is 2. The summed E-state index contributed by atoms with van der Waals surface area (Å²) in [7, 11) is 1.56. The number of ether oxygens (including phenoxy) is 2. The maximum Gasteiger partial charge on any atom is 0.325 e. The average Bonchev–Trinajstić information content (AvgIpc) is 2.81. The van der Waals surface area contributed by atoms with Gasteiger partial charge in [-0.1, -0.05) is 41.4 Å². The average molecular weight is 492 g/mol. The molecule has 0 unspecified atom stereocenters. The molecule has 2 N–H and O–H groups in total. The number of nitrogens with one attached hydrogen (secondary N) is 2. The molecule has 0 radical (unpaired) electrons. The lowest BCUT2D eigenvalue weighted by Gasteiger charge is -2.54. The first-order valence-corrected chi connectivity index (χ1v) is 11.7. The Morgan fingerprint density at radius 2 is 1.89 bits per heavy atom. The van der Waals surface area contributed by atoms with Crippen molar-refractivity contribution in [2.24, 2.45) is 5.92 Å². The summed E-state index contributed by atoms with van der Waals surface area (Å²) in [5, 5.41) is 6.65. The minimum absolute atomic E-state index is 0.267. The van der Waals surface area contributed by atoms with Crippen molar-refractivity contribution < 1.29 is 19.1 Å². The van der Waals surface area contributed by atoms with Gasteiger partial charge in [0.15, 0.2) is 11.5 Å². The number of carbonyl (C=O) groups excluding carboxylic acids is 2. The van der Waals surface area contributed by atoms with E-state index in [1.807, 2.05) is 44.2 Å². The lowest BCUT2D eigenvalue weighted by Crippen LogP contribution is -2.72. The molecular formula is C27H26ClN3O4. The molecule has 35 heavy (non-hydrogen) atoms. The Hall–Kier alpha value is -3.71. The quantitative estimate of drug-likeness (QED) is 0.498. The Kier molecular flexibility index (Phi) is 5.60. The highest BCUT2D eigenvalue weighted by Gasteiger charge is 2.60. The minimum Gasteiger partial charge on any atom is -0.493 e. The fourth-order valence-electron chi connectivity index (χ4n) is 5.07. The van der Waals surface area contributed by atoms with Gasteiger partial charge < -0.3 is 20.1 Å². The van der Waals surface area contributed by atoms with Crippen molar-refractivity contribution in [3.63, 3.8) is 0 Å². The number of aryl methyl sites for hydroxylation is 2. The van der Waals surface area contributed by atoms with Crippen molar-refractivity contribution in [3.05, 3.63) is 82.4 Å². The molecule has 2 aliphatic rings. The van der Waals surface area contributed by atoms with E-state index in [2.05, 4.69) is 10.6 Å². The molecule has 0 saturated carbocycles. The number of methoxy groups -OCH3 is 1. The zero-order chi connectivity index (χ0) is 24.9. The second-order valence-corrected chi connectivity index (χ2v) is 9.50. The summed E-state index contributed by atoms with van der Waals surface area (Å²) in [6.45, 7) is 5.71. The fourth-order valence-corrected chi connectivity index (χ4v) is 5.20. The molecule has 2 bridgehead atoms. The third-order valence-electron chi connectivity index (χ3n) is 6.72. The van der Waals surface area contributed by atoms with Gasteiger partial charge in [-0.3, -0.25) is 9.69 Å².